The van der Waals surface area contributed by atoms with E-state index in [0.29, 0.717) is 23.2 Å². The fourth-order valence-corrected chi connectivity index (χ4v) is 1.40. The van der Waals surface area contributed by atoms with E-state index in [1.54, 1.807) is 36.4 Å². The van der Waals surface area contributed by atoms with Gasteiger partial charge < -0.3 is 10.2 Å². The van der Waals surface area contributed by atoms with E-state index in [1.807, 2.05) is 0 Å². The molecule has 16 heavy (non-hydrogen) atoms. The van der Waals surface area contributed by atoms with Gasteiger partial charge in [-0.05, 0) is 24.3 Å². The highest BCUT2D eigenvalue weighted by Crippen LogP contribution is 2.22. The number of rotatable bonds is 3. The molecule has 1 aromatic carbocycles. The van der Waals surface area contributed by atoms with Crippen LogP contribution in [-0.4, -0.2) is 12.2 Å². The van der Waals surface area contributed by atoms with Crippen molar-refractivity contribution in [2.24, 2.45) is 5.73 Å². The SMILES string of the molecule is NC(=O)c1cccc(-c2ccc(C=O)o2)c1. The van der Waals surface area contributed by atoms with Gasteiger partial charge in [0.2, 0.25) is 5.91 Å². The molecule has 1 heterocycles. The predicted octanol–water partition coefficient (Wildman–Crippen LogP) is 1.86. The summed E-state index contributed by atoms with van der Waals surface area (Å²) < 4.78 is 5.23. The fraction of sp³-hybridized carbons (Fsp3) is 0. The van der Waals surface area contributed by atoms with E-state index in [0.717, 1.165) is 0 Å². The van der Waals surface area contributed by atoms with E-state index < -0.39 is 5.91 Å². The van der Waals surface area contributed by atoms with Gasteiger partial charge in [0.05, 0.1) is 0 Å². The fourth-order valence-electron chi connectivity index (χ4n) is 1.40. The molecule has 0 saturated heterocycles. The summed E-state index contributed by atoms with van der Waals surface area (Å²) in [6.45, 7) is 0. The van der Waals surface area contributed by atoms with Crippen LogP contribution in [0.25, 0.3) is 11.3 Å². The van der Waals surface area contributed by atoms with Crippen LogP contribution in [0.3, 0.4) is 0 Å². The summed E-state index contributed by atoms with van der Waals surface area (Å²) >= 11 is 0. The molecule has 0 atom stereocenters. The lowest BCUT2D eigenvalue weighted by Gasteiger charge is -1.99. The standard InChI is InChI=1S/C12H9NO3/c13-12(15)9-3-1-2-8(6-9)11-5-4-10(7-14)16-11/h1-7H,(H2,13,15). The van der Waals surface area contributed by atoms with Crippen molar-refractivity contribution in [2.75, 3.05) is 0 Å². The molecule has 4 nitrogen and oxygen atoms in total. The molecular formula is C12H9NO3. The summed E-state index contributed by atoms with van der Waals surface area (Å²) in [6, 6.07) is 9.96. The summed E-state index contributed by atoms with van der Waals surface area (Å²) in [7, 11) is 0. The maximum Gasteiger partial charge on any atom is 0.248 e. The molecule has 1 amide bonds. The molecule has 0 unspecified atom stereocenters. The minimum atomic E-state index is -0.496. The second-order valence-electron chi connectivity index (χ2n) is 3.26. The van der Waals surface area contributed by atoms with Crippen molar-refractivity contribution in [1.82, 2.24) is 0 Å². The molecule has 0 fully saturated rings. The van der Waals surface area contributed by atoms with Gasteiger partial charge in [0.1, 0.15) is 5.76 Å². The molecule has 2 aromatic rings. The number of hydrogen-bond acceptors (Lipinski definition) is 3. The largest absolute Gasteiger partial charge is 0.453 e. The van der Waals surface area contributed by atoms with Crippen LogP contribution >= 0.6 is 0 Å². The Morgan fingerprint density at radius 1 is 1.25 bits per heavy atom. The predicted molar refractivity (Wildman–Crippen MR) is 58.0 cm³/mol. The third kappa shape index (κ3) is 1.86. The Kier molecular flexibility index (Phi) is 2.55. The highest BCUT2D eigenvalue weighted by atomic mass is 16.3. The van der Waals surface area contributed by atoms with Crippen LogP contribution in [0.1, 0.15) is 20.9 Å². The van der Waals surface area contributed by atoms with Crippen LogP contribution < -0.4 is 5.73 Å². The van der Waals surface area contributed by atoms with Crippen molar-refractivity contribution in [3.63, 3.8) is 0 Å². The van der Waals surface area contributed by atoms with Gasteiger partial charge in [0.25, 0.3) is 0 Å². The van der Waals surface area contributed by atoms with Crippen molar-refractivity contribution in [3.8, 4) is 11.3 Å². The first-order valence-electron chi connectivity index (χ1n) is 4.66. The number of furan rings is 1. The van der Waals surface area contributed by atoms with Crippen LogP contribution in [0.2, 0.25) is 0 Å². The molecule has 80 valence electrons. The second-order valence-corrected chi connectivity index (χ2v) is 3.26. The molecule has 0 aliphatic carbocycles. The Balaban J connectivity index is 2.43. The van der Waals surface area contributed by atoms with Gasteiger partial charge in [-0.2, -0.15) is 0 Å². The summed E-state index contributed by atoms with van der Waals surface area (Å²) in [5, 5.41) is 0. The van der Waals surface area contributed by atoms with Crippen LogP contribution in [-0.2, 0) is 0 Å². The van der Waals surface area contributed by atoms with Gasteiger partial charge in [-0.3, -0.25) is 9.59 Å². The van der Waals surface area contributed by atoms with E-state index in [9.17, 15) is 9.59 Å². The van der Waals surface area contributed by atoms with Crippen LogP contribution in [0.4, 0.5) is 0 Å². The first kappa shape index (κ1) is 10.2. The lowest BCUT2D eigenvalue weighted by Crippen LogP contribution is -2.10. The van der Waals surface area contributed by atoms with E-state index >= 15 is 0 Å². The van der Waals surface area contributed by atoms with Crippen molar-refractivity contribution >= 4 is 12.2 Å². The number of hydrogen-bond donors (Lipinski definition) is 1. The van der Waals surface area contributed by atoms with Gasteiger partial charge in [0, 0.05) is 11.1 Å². The third-order valence-corrected chi connectivity index (χ3v) is 2.17. The van der Waals surface area contributed by atoms with Gasteiger partial charge in [-0.1, -0.05) is 12.1 Å². The normalized spacial score (nSPS) is 10.0. The third-order valence-electron chi connectivity index (χ3n) is 2.17. The molecule has 2 rings (SSSR count). The van der Waals surface area contributed by atoms with Gasteiger partial charge in [-0.25, -0.2) is 0 Å². The Bertz CT molecular complexity index is 543. The van der Waals surface area contributed by atoms with Crippen molar-refractivity contribution in [2.45, 2.75) is 0 Å². The minimum Gasteiger partial charge on any atom is -0.453 e. The molecular weight excluding hydrogens is 206 g/mol. The van der Waals surface area contributed by atoms with Crippen molar-refractivity contribution in [3.05, 3.63) is 47.7 Å². The topological polar surface area (TPSA) is 73.3 Å². The Morgan fingerprint density at radius 3 is 2.69 bits per heavy atom. The number of primary amides is 1. The lowest BCUT2D eigenvalue weighted by molar-refractivity contribution is 0.0999. The Morgan fingerprint density at radius 2 is 2.06 bits per heavy atom. The van der Waals surface area contributed by atoms with Crippen LogP contribution in [0.5, 0.6) is 0 Å². The summed E-state index contributed by atoms with van der Waals surface area (Å²) in [6.07, 6.45) is 0.626. The van der Waals surface area contributed by atoms with E-state index in [-0.39, 0.29) is 5.76 Å². The molecule has 0 saturated carbocycles. The van der Waals surface area contributed by atoms with E-state index in [4.69, 9.17) is 10.2 Å². The van der Waals surface area contributed by atoms with Crippen molar-refractivity contribution < 1.29 is 14.0 Å². The van der Waals surface area contributed by atoms with Gasteiger partial charge in [0.15, 0.2) is 12.0 Å². The van der Waals surface area contributed by atoms with Crippen molar-refractivity contribution in [1.29, 1.82) is 0 Å². The first-order chi connectivity index (χ1) is 7.70. The molecule has 0 spiro atoms. The summed E-state index contributed by atoms with van der Waals surface area (Å²) in [4.78, 5) is 21.4. The van der Waals surface area contributed by atoms with Gasteiger partial charge >= 0.3 is 0 Å². The van der Waals surface area contributed by atoms with Crippen LogP contribution in [0, 0.1) is 0 Å². The molecule has 0 aliphatic heterocycles. The number of aldehydes is 1. The molecule has 2 N–H and O–H groups in total. The highest BCUT2D eigenvalue weighted by Gasteiger charge is 2.06. The number of nitrogens with two attached hydrogens (primary N) is 1. The number of amides is 1. The molecule has 0 aliphatic rings. The summed E-state index contributed by atoms with van der Waals surface area (Å²) in [5.74, 6) is 0.286. The van der Waals surface area contributed by atoms with E-state index in [2.05, 4.69) is 0 Å². The molecule has 1 aromatic heterocycles. The second kappa shape index (κ2) is 4.02. The smallest absolute Gasteiger partial charge is 0.248 e. The minimum absolute atomic E-state index is 0.250. The monoisotopic (exact) mass is 215 g/mol. The lowest BCUT2D eigenvalue weighted by atomic mass is 10.1. The number of carbonyl (C=O) groups is 2. The molecule has 0 bridgehead atoms. The first-order valence-corrected chi connectivity index (χ1v) is 4.66. The Hall–Kier alpha value is -2.36. The zero-order valence-electron chi connectivity index (χ0n) is 8.34. The summed E-state index contributed by atoms with van der Waals surface area (Å²) in [5.41, 5.74) is 6.28. The highest BCUT2D eigenvalue weighted by molar-refractivity contribution is 5.94. The maximum absolute atomic E-state index is 11.0. The maximum atomic E-state index is 11.0. The van der Waals surface area contributed by atoms with Gasteiger partial charge in [-0.15, -0.1) is 0 Å². The quantitative estimate of drug-likeness (QED) is 0.794. The van der Waals surface area contributed by atoms with Crippen LogP contribution in [0.15, 0.2) is 40.8 Å². The number of benzene rings is 1. The zero-order valence-corrected chi connectivity index (χ0v) is 8.34. The number of carbonyl (C=O) groups excluding carboxylic acids is 2. The average molecular weight is 215 g/mol. The zero-order chi connectivity index (χ0) is 11.5. The Labute approximate surface area is 91.7 Å². The molecule has 0 radical (unpaired) electrons. The molecule has 4 heteroatoms. The average Bonchev–Trinajstić information content (AvgIpc) is 2.77. The van der Waals surface area contributed by atoms with E-state index in [1.165, 1.54) is 0 Å².